The standard InChI is InChI=1S/C19H23FN4O/c1-3-22-19(24(2)13-15-7-5-9-17(20)11-15)23-12-14-6-4-8-16(10-14)18(21)25/h4-11H,3,12-13H2,1-2H3,(H2,21,25)(H,22,23). The number of hydrogen-bond donors (Lipinski definition) is 2. The number of benzene rings is 2. The second-order valence-electron chi connectivity index (χ2n) is 5.72. The van der Waals surface area contributed by atoms with Crippen molar-refractivity contribution < 1.29 is 9.18 Å². The lowest BCUT2D eigenvalue weighted by Gasteiger charge is -2.22. The Balaban J connectivity index is 2.11. The maximum absolute atomic E-state index is 13.3. The van der Waals surface area contributed by atoms with E-state index in [2.05, 4.69) is 10.3 Å². The van der Waals surface area contributed by atoms with E-state index in [4.69, 9.17) is 5.73 Å². The van der Waals surface area contributed by atoms with Crippen LogP contribution in [0.1, 0.15) is 28.4 Å². The molecule has 0 bridgehead atoms. The van der Waals surface area contributed by atoms with Gasteiger partial charge in [0.2, 0.25) is 5.91 Å². The first-order chi connectivity index (χ1) is 12.0. The Kier molecular flexibility index (Phi) is 6.51. The van der Waals surface area contributed by atoms with Gasteiger partial charge in [0.05, 0.1) is 6.54 Å². The molecule has 0 saturated carbocycles. The molecular formula is C19H23FN4O. The van der Waals surface area contributed by atoms with Crippen molar-refractivity contribution in [1.29, 1.82) is 0 Å². The minimum atomic E-state index is -0.457. The monoisotopic (exact) mass is 342 g/mol. The van der Waals surface area contributed by atoms with Crippen LogP contribution >= 0.6 is 0 Å². The van der Waals surface area contributed by atoms with Crippen molar-refractivity contribution in [1.82, 2.24) is 10.2 Å². The van der Waals surface area contributed by atoms with Gasteiger partial charge in [-0.2, -0.15) is 0 Å². The average Bonchev–Trinajstić information content (AvgIpc) is 2.58. The number of nitrogens with two attached hydrogens (primary N) is 1. The molecule has 2 aromatic rings. The zero-order valence-corrected chi connectivity index (χ0v) is 14.5. The molecule has 0 atom stereocenters. The smallest absolute Gasteiger partial charge is 0.248 e. The molecule has 3 N–H and O–H groups in total. The lowest BCUT2D eigenvalue weighted by atomic mass is 10.1. The molecule has 0 fully saturated rings. The first-order valence-corrected chi connectivity index (χ1v) is 8.12. The van der Waals surface area contributed by atoms with Gasteiger partial charge < -0.3 is 16.0 Å². The fraction of sp³-hybridized carbons (Fsp3) is 0.263. The molecule has 0 aliphatic rings. The SMILES string of the molecule is CCNC(=NCc1cccc(C(N)=O)c1)N(C)Cc1cccc(F)c1. The van der Waals surface area contributed by atoms with Gasteiger partial charge in [-0.25, -0.2) is 9.38 Å². The number of hydrogen-bond acceptors (Lipinski definition) is 2. The number of halogens is 1. The van der Waals surface area contributed by atoms with Crippen molar-refractivity contribution in [2.45, 2.75) is 20.0 Å². The first kappa shape index (κ1) is 18.4. The number of nitrogens with zero attached hydrogens (tertiary/aromatic N) is 2. The first-order valence-electron chi connectivity index (χ1n) is 8.12. The summed E-state index contributed by atoms with van der Waals surface area (Å²) < 4.78 is 13.3. The number of aliphatic imine (C=N–C) groups is 1. The van der Waals surface area contributed by atoms with Crippen LogP contribution in [0.4, 0.5) is 4.39 Å². The van der Waals surface area contributed by atoms with Crippen molar-refractivity contribution in [3.63, 3.8) is 0 Å². The van der Waals surface area contributed by atoms with E-state index in [1.165, 1.54) is 12.1 Å². The van der Waals surface area contributed by atoms with Gasteiger partial charge in [0.25, 0.3) is 0 Å². The maximum atomic E-state index is 13.3. The fourth-order valence-electron chi connectivity index (χ4n) is 2.44. The molecule has 0 saturated heterocycles. The summed E-state index contributed by atoms with van der Waals surface area (Å²) in [5.74, 6) is -0.00620. The van der Waals surface area contributed by atoms with E-state index in [1.54, 1.807) is 24.3 Å². The molecule has 0 heterocycles. The third-order valence-electron chi connectivity index (χ3n) is 3.63. The van der Waals surface area contributed by atoms with E-state index in [1.807, 2.05) is 31.0 Å². The zero-order chi connectivity index (χ0) is 18.2. The Morgan fingerprint density at radius 1 is 1.20 bits per heavy atom. The van der Waals surface area contributed by atoms with E-state index in [0.717, 1.165) is 11.1 Å². The van der Waals surface area contributed by atoms with Crippen LogP contribution in [0, 0.1) is 5.82 Å². The summed E-state index contributed by atoms with van der Waals surface area (Å²) in [6.45, 7) is 3.65. The molecule has 1 amide bonds. The lowest BCUT2D eigenvalue weighted by Crippen LogP contribution is -2.38. The number of guanidine groups is 1. The van der Waals surface area contributed by atoms with Crippen LogP contribution in [-0.2, 0) is 13.1 Å². The van der Waals surface area contributed by atoms with Crippen molar-refractivity contribution in [2.75, 3.05) is 13.6 Å². The number of nitrogens with one attached hydrogen (secondary N) is 1. The third kappa shape index (κ3) is 5.60. The molecule has 0 spiro atoms. The highest BCUT2D eigenvalue weighted by molar-refractivity contribution is 5.92. The molecule has 2 aromatic carbocycles. The Morgan fingerprint density at radius 2 is 1.92 bits per heavy atom. The molecule has 25 heavy (non-hydrogen) atoms. The van der Waals surface area contributed by atoms with Crippen molar-refractivity contribution in [3.8, 4) is 0 Å². The summed E-state index contributed by atoms with van der Waals surface area (Å²) in [6.07, 6.45) is 0. The van der Waals surface area contributed by atoms with Crippen molar-refractivity contribution >= 4 is 11.9 Å². The van der Waals surface area contributed by atoms with Crippen molar-refractivity contribution in [2.24, 2.45) is 10.7 Å². The highest BCUT2D eigenvalue weighted by atomic mass is 19.1. The molecule has 0 aromatic heterocycles. The number of carbonyl (C=O) groups is 1. The van der Waals surface area contributed by atoms with Gasteiger partial charge in [0, 0.05) is 25.7 Å². The number of carbonyl (C=O) groups excluding carboxylic acids is 1. The molecule has 0 aliphatic heterocycles. The second-order valence-corrected chi connectivity index (χ2v) is 5.72. The molecule has 0 radical (unpaired) electrons. The van der Waals surface area contributed by atoms with Crippen LogP contribution < -0.4 is 11.1 Å². The number of rotatable bonds is 6. The Morgan fingerprint density at radius 3 is 2.60 bits per heavy atom. The second kappa shape index (κ2) is 8.82. The summed E-state index contributed by atoms with van der Waals surface area (Å²) in [7, 11) is 1.90. The van der Waals surface area contributed by atoms with Gasteiger partial charge in [-0.15, -0.1) is 0 Å². The largest absolute Gasteiger partial charge is 0.366 e. The minimum Gasteiger partial charge on any atom is -0.366 e. The summed E-state index contributed by atoms with van der Waals surface area (Å²) in [5.41, 5.74) is 7.53. The molecule has 0 aliphatic carbocycles. The highest BCUT2D eigenvalue weighted by Crippen LogP contribution is 2.09. The van der Waals surface area contributed by atoms with E-state index in [9.17, 15) is 9.18 Å². The van der Waals surface area contributed by atoms with Gasteiger partial charge in [-0.1, -0.05) is 24.3 Å². The summed E-state index contributed by atoms with van der Waals surface area (Å²) in [5, 5.41) is 3.22. The van der Waals surface area contributed by atoms with Crippen LogP contribution in [0.15, 0.2) is 53.5 Å². The Hall–Kier alpha value is -2.89. The van der Waals surface area contributed by atoms with Crippen LogP contribution in [0.3, 0.4) is 0 Å². The predicted molar refractivity (Wildman–Crippen MR) is 97.6 cm³/mol. The third-order valence-corrected chi connectivity index (χ3v) is 3.63. The van der Waals surface area contributed by atoms with Crippen LogP contribution in [0.2, 0.25) is 0 Å². The van der Waals surface area contributed by atoms with Gasteiger partial charge in [0.15, 0.2) is 5.96 Å². The zero-order valence-electron chi connectivity index (χ0n) is 14.5. The van der Waals surface area contributed by atoms with Gasteiger partial charge >= 0.3 is 0 Å². The Bertz CT molecular complexity index is 761. The highest BCUT2D eigenvalue weighted by Gasteiger charge is 2.08. The summed E-state index contributed by atoms with van der Waals surface area (Å²) in [6, 6.07) is 13.6. The maximum Gasteiger partial charge on any atom is 0.248 e. The Labute approximate surface area is 147 Å². The van der Waals surface area contributed by atoms with Crippen LogP contribution in [-0.4, -0.2) is 30.4 Å². The van der Waals surface area contributed by atoms with Crippen LogP contribution in [0.25, 0.3) is 0 Å². The van der Waals surface area contributed by atoms with Gasteiger partial charge in [0.1, 0.15) is 5.82 Å². The van der Waals surface area contributed by atoms with E-state index in [-0.39, 0.29) is 5.82 Å². The molecule has 132 valence electrons. The van der Waals surface area contributed by atoms with Crippen LogP contribution in [0.5, 0.6) is 0 Å². The van der Waals surface area contributed by atoms with Gasteiger partial charge in [-0.3, -0.25) is 4.79 Å². The summed E-state index contributed by atoms with van der Waals surface area (Å²) >= 11 is 0. The average molecular weight is 342 g/mol. The van der Waals surface area contributed by atoms with E-state index < -0.39 is 5.91 Å². The minimum absolute atomic E-state index is 0.254. The quantitative estimate of drug-likeness (QED) is 0.626. The predicted octanol–water partition coefficient (Wildman–Crippen LogP) is 2.52. The van der Waals surface area contributed by atoms with E-state index in [0.29, 0.717) is 31.2 Å². The van der Waals surface area contributed by atoms with E-state index >= 15 is 0 Å². The normalized spacial score (nSPS) is 11.2. The fourth-order valence-corrected chi connectivity index (χ4v) is 2.44. The molecule has 6 heteroatoms. The molecular weight excluding hydrogens is 319 g/mol. The molecule has 5 nitrogen and oxygen atoms in total. The molecule has 2 rings (SSSR count). The number of primary amides is 1. The van der Waals surface area contributed by atoms with Gasteiger partial charge in [-0.05, 0) is 42.3 Å². The number of amides is 1. The topological polar surface area (TPSA) is 70.7 Å². The lowest BCUT2D eigenvalue weighted by molar-refractivity contribution is 0.1000. The summed E-state index contributed by atoms with van der Waals surface area (Å²) in [4.78, 5) is 17.8. The van der Waals surface area contributed by atoms with Crippen molar-refractivity contribution in [3.05, 3.63) is 71.0 Å². The molecule has 0 unspecified atom stereocenters.